The zero-order chi connectivity index (χ0) is 16.4. The Labute approximate surface area is 141 Å². The Kier molecular flexibility index (Phi) is 4.35. The van der Waals surface area contributed by atoms with Gasteiger partial charge in [0, 0.05) is 24.0 Å². The molecule has 0 heterocycles. The maximum Gasteiger partial charge on any atom is 0.126 e. The highest BCUT2D eigenvalue weighted by molar-refractivity contribution is 6.33. The van der Waals surface area contributed by atoms with E-state index in [9.17, 15) is 4.39 Å². The molecule has 0 fully saturated rings. The van der Waals surface area contributed by atoms with Gasteiger partial charge in [-0.05, 0) is 54.4 Å². The highest BCUT2D eigenvalue weighted by Crippen LogP contribution is 2.34. The lowest BCUT2D eigenvalue weighted by molar-refractivity contribution is 0.619. The molecule has 1 nitrogen and oxygen atoms in total. The fourth-order valence-electron chi connectivity index (χ4n) is 2.56. The highest BCUT2D eigenvalue weighted by atomic mass is 35.5. The van der Waals surface area contributed by atoms with Crippen molar-refractivity contribution in [1.82, 2.24) is 0 Å². The van der Waals surface area contributed by atoms with Crippen LogP contribution >= 0.6 is 11.6 Å². The van der Waals surface area contributed by atoms with Crippen molar-refractivity contribution in [1.29, 1.82) is 0 Å². The van der Waals surface area contributed by atoms with Crippen molar-refractivity contribution in [3.63, 3.8) is 0 Å². The first-order valence-electron chi connectivity index (χ1n) is 7.41. The third-order valence-corrected chi connectivity index (χ3v) is 4.27. The van der Waals surface area contributed by atoms with E-state index in [-0.39, 0.29) is 5.82 Å². The SMILES string of the molecule is Cc1cc(-c2ccc(N(C)c3ccccc3)cc2Cl)ccc1F. The summed E-state index contributed by atoms with van der Waals surface area (Å²) in [7, 11) is 2.00. The lowest BCUT2D eigenvalue weighted by atomic mass is 10.0. The third kappa shape index (κ3) is 3.22. The summed E-state index contributed by atoms with van der Waals surface area (Å²) in [6, 6.07) is 21.1. The predicted octanol–water partition coefficient (Wildman–Crippen LogP) is 6.22. The van der Waals surface area contributed by atoms with Crippen molar-refractivity contribution in [2.45, 2.75) is 6.92 Å². The number of benzene rings is 3. The Hall–Kier alpha value is -2.32. The normalized spacial score (nSPS) is 10.6. The van der Waals surface area contributed by atoms with E-state index in [1.54, 1.807) is 13.0 Å². The maximum absolute atomic E-state index is 13.4. The molecule has 116 valence electrons. The minimum absolute atomic E-state index is 0.203. The Bertz CT molecular complexity index is 830. The van der Waals surface area contributed by atoms with E-state index < -0.39 is 0 Å². The quantitative estimate of drug-likeness (QED) is 0.552. The van der Waals surface area contributed by atoms with E-state index in [0.717, 1.165) is 22.5 Å². The molecule has 0 saturated carbocycles. The predicted molar refractivity (Wildman–Crippen MR) is 96.1 cm³/mol. The summed E-state index contributed by atoms with van der Waals surface area (Å²) in [4.78, 5) is 2.07. The van der Waals surface area contributed by atoms with Gasteiger partial charge in [-0.25, -0.2) is 4.39 Å². The molecule has 0 amide bonds. The molecule has 3 aromatic rings. The van der Waals surface area contributed by atoms with Crippen LogP contribution in [-0.2, 0) is 0 Å². The molecule has 0 aromatic heterocycles. The van der Waals surface area contributed by atoms with Crippen molar-refractivity contribution in [3.8, 4) is 11.1 Å². The van der Waals surface area contributed by atoms with Gasteiger partial charge in [0.25, 0.3) is 0 Å². The fourth-order valence-corrected chi connectivity index (χ4v) is 2.84. The molecule has 0 bridgehead atoms. The summed E-state index contributed by atoms with van der Waals surface area (Å²) < 4.78 is 13.4. The largest absolute Gasteiger partial charge is 0.345 e. The van der Waals surface area contributed by atoms with Crippen molar-refractivity contribution >= 4 is 23.0 Å². The molecule has 0 aliphatic heterocycles. The average Bonchev–Trinajstić information content (AvgIpc) is 2.57. The molecular weight excluding hydrogens is 309 g/mol. The zero-order valence-corrected chi connectivity index (χ0v) is 13.8. The van der Waals surface area contributed by atoms with Crippen LogP contribution in [0.4, 0.5) is 15.8 Å². The number of anilines is 2. The van der Waals surface area contributed by atoms with Gasteiger partial charge < -0.3 is 4.90 Å². The minimum Gasteiger partial charge on any atom is -0.345 e. The van der Waals surface area contributed by atoms with Gasteiger partial charge in [-0.3, -0.25) is 0 Å². The van der Waals surface area contributed by atoms with E-state index in [2.05, 4.69) is 4.90 Å². The molecule has 0 aliphatic rings. The fraction of sp³-hybridized carbons (Fsp3) is 0.100. The van der Waals surface area contributed by atoms with Crippen LogP contribution in [0.15, 0.2) is 66.7 Å². The van der Waals surface area contributed by atoms with Gasteiger partial charge in [-0.1, -0.05) is 41.9 Å². The van der Waals surface area contributed by atoms with E-state index in [0.29, 0.717) is 10.6 Å². The second kappa shape index (κ2) is 6.43. The Morgan fingerprint density at radius 1 is 0.870 bits per heavy atom. The molecule has 0 N–H and O–H groups in total. The van der Waals surface area contributed by atoms with E-state index in [1.807, 2.05) is 61.6 Å². The van der Waals surface area contributed by atoms with Crippen molar-refractivity contribution in [3.05, 3.63) is 83.1 Å². The van der Waals surface area contributed by atoms with Gasteiger partial charge in [-0.2, -0.15) is 0 Å². The molecule has 0 aliphatic carbocycles. The minimum atomic E-state index is -0.203. The smallest absolute Gasteiger partial charge is 0.126 e. The van der Waals surface area contributed by atoms with E-state index >= 15 is 0 Å². The molecule has 3 aromatic carbocycles. The third-order valence-electron chi connectivity index (χ3n) is 3.95. The Balaban J connectivity index is 1.96. The monoisotopic (exact) mass is 325 g/mol. The topological polar surface area (TPSA) is 3.24 Å². The first-order valence-corrected chi connectivity index (χ1v) is 7.79. The van der Waals surface area contributed by atoms with E-state index in [1.165, 1.54) is 6.07 Å². The number of hydrogen-bond acceptors (Lipinski definition) is 1. The molecule has 0 spiro atoms. The Morgan fingerprint density at radius 2 is 1.61 bits per heavy atom. The molecule has 3 rings (SSSR count). The first-order chi connectivity index (χ1) is 11.1. The lowest BCUT2D eigenvalue weighted by Crippen LogP contribution is -2.09. The summed E-state index contributed by atoms with van der Waals surface area (Å²) in [5.41, 5.74) is 4.53. The standard InChI is InChI=1S/C20H17ClFN/c1-14-12-15(8-11-20(14)22)18-10-9-17(13-19(18)21)23(2)16-6-4-3-5-7-16/h3-13H,1-2H3. The summed E-state index contributed by atoms with van der Waals surface area (Å²) in [5, 5.41) is 0.649. The molecule has 23 heavy (non-hydrogen) atoms. The van der Waals surface area contributed by atoms with Crippen molar-refractivity contribution < 1.29 is 4.39 Å². The van der Waals surface area contributed by atoms with Gasteiger partial charge in [0.15, 0.2) is 0 Å². The first kappa shape index (κ1) is 15.6. The van der Waals surface area contributed by atoms with Crippen LogP contribution in [0.25, 0.3) is 11.1 Å². The number of halogens is 2. The van der Waals surface area contributed by atoms with Crippen LogP contribution in [0, 0.1) is 12.7 Å². The van der Waals surface area contributed by atoms with E-state index in [4.69, 9.17) is 11.6 Å². The highest BCUT2D eigenvalue weighted by Gasteiger charge is 2.09. The van der Waals surface area contributed by atoms with Crippen LogP contribution in [0.5, 0.6) is 0 Å². The van der Waals surface area contributed by atoms with Crippen LogP contribution in [-0.4, -0.2) is 7.05 Å². The molecular formula is C20H17ClFN. The zero-order valence-electron chi connectivity index (χ0n) is 13.1. The molecule has 3 heteroatoms. The van der Waals surface area contributed by atoms with Crippen LogP contribution < -0.4 is 4.90 Å². The number of rotatable bonds is 3. The number of nitrogens with zero attached hydrogens (tertiary/aromatic N) is 1. The lowest BCUT2D eigenvalue weighted by Gasteiger charge is -2.20. The second-order valence-electron chi connectivity index (χ2n) is 5.52. The molecule has 0 unspecified atom stereocenters. The van der Waals surface area contributed by atoms with Gasteiger partial charge in [-0.15, -0.1) is 0 Å². The van der Waals surface area contributed by atoms with Gasteiger partial charge in [0.05, 0.1) is 5.02 Å². The summed E-state index contributed by atoms with van der Waals surface area (Å²) in [5.74, 6) is -0.203. The number of para-hydroxylation sites is 1. The number of aryl methyl sites for hydroxylation is 1. The van der Waals surface area contributed by atoms with Crippen molar-refractivity contribution in [2.24, 2.45) is 0 Å². The van der Waals surface area contributed by atoms with Crippen LogP contribution in [0.3, 0.4) is 0 Å². The van der Waals surface area contributed by atoms with Gasteiger partial charge in [0.2, 0.25) is 0 Å². The van der Waals surface area contributed by atoms with Crippen LogP contribution in [0.2, 0.25) is 5.02 Å². The average molecular weight is 326 g/mol. The van der Waals surface area contributed by atoms with Gasteiger partial charge in [0.1, 0.15) is 5.82 Å². The number of hydrogen-bond donors (Lipinski definition) is 0. The van der Waals surface area contributed by atoms with Crippen molar-refractivity contribution in [2.75, 3.05) is 11.9 Å². The summed E-state index contributed by atoms with van der Waals surface area (Å²) in [6.07, 6.45) is 0. The maximum atomic E-state index is 13.4. The summed E-state index contributed by atoms with van der Waals surface area (Å²) >= 11 is 6.47. The Morgan fingerprint density at radius 3 is 2.26 bits per heavy atom. The summed E-state index contributed by atoms with van der Waals surface area (Å²) in [6.45, 7) is 1.75. The second-order valence-corrected chi connectivity index (χ2v) is 5.93. The molecule has 0 saturated heterocycles. The molecule has 0 atom stereocenters. The van der Waals surface area contributed by atoms with Gasteiger partial charge >= 0.3 is 0 Å². The molecule has 0 radical (unpaired) electrons. The van der Waals surface area contributed by atoms with Crippen LogP contribution in [0.1, 0.15) is 5.56 Å².